The first-order chi connectivity index (χ1) is 12.2. The summed E-state index contributed by atoms with van der Waals surface area (Å²) in [4.78, 5) is 26.3. The number of anilines is 1. The number of hydrogen-bond donors (Lipinski definition) is 1. The fourth-order valence-electron chi connectivity index (χ4n) is 3.54. The van der Waals surface area contributed by atoms with Crippen molar-refractivity contribution in [2.24, 2.45) is 5.92 Å². The summed E-state index contributed by atoms with van der Waals surface area (Å²) in [6.07, 6.45) is 8.17. The summed E-state index contributed by atoms with van der Waals surface area (Å²) in [7, 11) is 0. The molecule has 1 aliphatic carbocycles. The van der Waals surface area contributed by atoms with E-state index in [0.29, 0.717) is 24.3 Å². The van der Waals surface area contributed by atoms with E-state index < -0.39 is 0 Å². The monoisotopic (exact) mass is 337 g/mol. The molecular weight excluding hydrogens is 314 g/mol. The maximum atomic E-state index is 12.4. The predicted molar refractivity (Wildman–Crippen MR) is 95.8 cm³/mol. The average Bonchev–Trinajstić information content (AvgIpc) is 3.04. The third-order valence-electron chi connectivity index (χ3n) is 4.94. The van der Waals surface area contributed by atoms with Crippen molar-refractivity contribution < 1.29 is 9.59 Å². The van der Waals surface area contributed by atoms with Crippen molar-refractivity contribution in [3.05, 3.63) is 41.5 Å². The van der Waals surface area contributed by atoms with Gasteiger partial charge in [-0.25, -0.2) is 0 Å². The fourth-order valence-corrected chi connectivity index (χ4v) is 3.54. The Balaban J connectivity index is 1.55. The Labute approximate surface area is 148 Å². The Kier molecular flexibility index (Phi) is 5.49. The van der Waals surface area contributed by atoms with Gasteiger partial charge in [-0.15, -0.1) is 0 Å². The molecule has 1 unspecified atom stereocenters. The fraction of sp³-hybridized carbons (Fsp3) is 0.450. The number of nitrogens with zero attached hydrogens (tertiary/aromatic N) is 2. The van der Waals surface area contributed by atoms with Gasteiger partial charge in [0.1, 0.15) is 6.07 Å². The summed E-state index contributed by atoms with van der Waals surface area (Å²) < 4.78 is 0. The van der Waals surface area contributed by atoms with Crippen molar-refractivity contribution in [2.45, 2.75) is 38.5 Å². The van der Waals surface area contributed by atoms with E-state index in [1.54, 1.807) is 29.2 Å². The van der Waals surface area contributed by atoms with Crippen LogP contribution in [0.5, 0.6) is 0 Å². The molecule has 0 saturated carbocycles. The Morgan fingerprint density at radius 3 is 2.92 bits per heavy atom. The van der Waals surface area contributed by atoms with Gasteiger partial charge in [0.15, 0.2) is 0 Å². The third kappa shape index (κ3) is 4.08. The molecule has 5 heteroatoms. The van der Waals surface area contributed by atoms with Crippen LogP contribution in [0, 0.1) is 17.2 Å². The number of allylic oxidation sites excluding steroid dienone is 1. The highest BCUT2D eigenvalue weighted by atomic mass is 16.2. The molecule has 130 valence electrons. The van der Waals surface area contributed by atoms with Gasteiger partial charge in [0.2, 0.25) is 11.8 Å². The van der Waals surface area contributed by atoms with Crippen molar-refractivity contribution in [1.82, 2.24) is 5.32 Å². The van der Waals surface area contributed by atoms with Crippen LogP contribution < -0.4 is 10.2 Å². The lowest BCUT2D eigenvalue weighted by molar-refractivity contribution is -0.126. The maximum absolute atomic E-state index is 12.4. The molecule has 1 aromatic rings. The summed E-state index contributed by atoms with van der Waals surface area (Å²) in [5.74, 6) is -0.515. The number of rotatable bonds is 5. The van der Waals surface area contributed by atoms with Gasteiger partial charge in [0.25, 0.3) is 0 Å². The van der Waals surface area contributed by atoms with E-state index in [-0.39, 0.29) is 24.2 Å². The molecule has 0 radical (unpaired) electrons. The number of nitrogens with one attached hydrogen (secondary N) is 1. The van der Waals surface area contributed by atoms with Crippen molar-refractivity contribution in [3.63, 3.8) is 0 Å². The molecular formula is C20H23N3O2. The number of hydrogen-bond acceptors (Lipinski definition) is 3. The van der Waals surface area contributed by atoms with Crippen molar-refractivity contribution in [1.29, 1.82) is 5.26 Å². The van der Waals surface area contributed by atoms with Gasteiger partial charge in [-0.05, 0) is 44.2 Å². The second-order valence-electron chi connectivity index (χ2n) is 6.68. The molecule has 25 heavy (non-hydrogen) atoms. The molecule has 1 aliphatic heterocycles. The second kappa shape index (κ2) is 7.98. The van der Waals surface area contributed by atoms with Gasteiger partial charge in [0.05, 0.1) is 17.2 Å². The van der Waals surface area contributed by atoms with Crippen molar-refractivity contribution in [2.75, 3.05) is 18.0 Å². The molecule has 2 amide bonds. The van der Waals surface area contributed by atoms with Gasteiger partial charge in [-0.1, -0.05) is 23.8 Å². The average molecular weight is 337 g/mol. The molecule has 0 aromatic heterocycles. The standard InChI is InChI=1S/C20H23N3O2/c21-13-16-8-4-5-9-18(16)23-14-17(12-19(23)24)20(25)22-11-10-15-6-2-1-3-7-15/h4-6,8-9,17H,1-3,7,10-12,14H2,(H,22,25). The van der Waals surface area contributed by atoms with Crippen LogP contribution >= 0.6 is 0 Å². The van der Waals surface area contributed by atoms with E-state index in [4.69, 9.17) is 0 Å². The summed E-state index contributed by atoms with van der Waals surface area (Å²) in [5.41, 5.74) is 2.48. The minimum absolute atomic E-state index is 0.0679. The molecule has 1 N–H and O–H groups in total. The lowest BCUT2D eigenvalue weighted by Crippen LogP contribution is -2.33. The number of para-hydroxylation sites is 1. The number of benzene rings is 1. The Morgan fingerprint density at radius 1 is 1.32 bits per heavy atom. The van der Waals surface area contributed by atoms with Gasteiger partial charge in [-0.2, -0.15) is 5.26 Å². The van der Waals surface area contributed by atoms with Crippen molar-refractivity contribution in [3.8, 4) is 6.07 Å². The second-order valence-corrected chi connectivity index (χ2v) is 6.68. The Morgan fingerprint density at radius 2 is 2.16 bits per heavy atom. The molecule has 0 spiro atoms. The Bertz CT molecular complexity index is 733. The smallest absolute Gasteiger partial charge is 0.227 e. The number of carbonyl (C=O) groups is 2. The minimum atomic E-state index is -0.348. The first-order valence-electron chi connectivity index (χ1n) is 8.94. The van der Waals surface area contributed by atoms with Crippen LogP contribution in [0.15, 0.2) is 35.9 Å². The van der Waals surface area contributed by atoms with Crippen LogP contribution in [0.2, 0.25) is 0 Å². The van der Waals surface area contributed by atoms with E-state index in [9.17, 15) is 14.9 Å². The van der Waals surface area contributed by atoms with E-state index in [1.807, 2.05) is 0 Å². The zero-order chi connectivity index (χ0) is 17.6. The maximum Gasteiger partial charge on any atom is 0.227 e. The normalized spacial score (nSPS) is 20.1. The summed E-state index contributed by atoms with van der Waals surface area (Å²) >= 11 is 0. The molecule has 3 rings (SSSR count). The van der Waals surface area contributed by atoms with Gasteiger partial charge in [0, 0.05) is 19.5 Å². The Hall–Kier alpha value is -2.61. The molecule has 1 aromatic carbocycles. The highest BCUT2D eigenvalue weighted by Crippen LogP contribution is 2.28. The first kappa shape index (κ1) is 17.2. The lowest BCUT2D eigenvalue weighted by Gasteiger charge is -2.18. The van der Waals surface area contributed by atoms with E-state index in [1.165, 1.54) is 18.4 Å². The molecule has 1 fully saturated rings. The van der Waals surface area contributed by atoms with Crippen LogP contribution in [0.25, 0.3) is 0 Å². The molecule has 5 nitrogen and oxygen atoms in total. The molecule has 2 aliphatic rings. The lowest BCUT2D eigenvalue weighted by atomic mass is 9.97. The van der Waals surface area contributed by atoms with Crippen LogP contribution in [0.3, 0.4) is 0 Å². The van der Waals surface area contributed by atoms with Crippen LogP contribution in [0.4, 0.5) is 5.69 Å². The number of amides is 2. The highest BCUT2D eigenvalue weighted by molar-refractivity contribution is 6.01. The van der Waals surface area contributed by atoms with Gasteiger partial charge < -0.3 is 10.2 Å². The first-order valence-corrected chi connectivity index (χ1v) is 8.94. The number of nitriles is 1. The minimum Gasteiger partial charge on any atom is -0.355 e. The number of carbonyl (C=O) groups excluding carboxylic acids is 2. The summed E-state index contributed by atoms with van der Waals surface area (Å²) in [5, 5.41) is 12.2. The summed E-state index contributed by atoms with van der Waals surface area (Å²) in [6, 6.07) is 9.12. The third-order valence-corrected chi connectivity index (χ3v) is 4.94. The highest BCUT2D eigenvalue weighted by Gasteiger charge is 2.35. The predicted octanol–water partition coefficient (Wildman–Crippen LogP) is 2.92. The largest absolute Gasteiger partial charge is 0.355 e. The van der Waals surface area contributed by atoms with Crippen LogP contribution in [-0.4, -0.2) is 24.9 Å². The molecule has 1 saturated heterocycles. The quantitative estimate of drug-likeness (QED) is 0.840. The summed E-state index contributed by atoms with van der Waals surface area (Å²) in [6.45, 7) is 0.968. The van der Waals surface area contributed by atoms with Crippen LogP contribution in [-0.2, 0) is 9.59 Å². The van der Waals surface area contributed by atoms with Crippen molar-refractivity contribution >= 4 is 17.5 Å². The van der Waals surface area contributed by atoms with E-state index >= 15 is 0 Å². The van der Waals surface area contributed by atoms with E-state index in [0.717, 1.165) is 19.3 Å². The van der Waals surface area contributed by atoms with Gasteiger partial charge >= 0.3 is 0 Å². The topological polar surface area (TPSA) is 73.2 Å². The SMILES string of the molecule is N#Cc1ccccc1N1CC(C(=O)NCCC2=CCCCC2)CC1=O. The van der Waals surface area contributed by atoms with E-state index in [2.05, 4.69) is 17.5 Å². The van der Waals surface area contributed by atoms with Gasteiger partial charge in [-0.3, -0.25) is 9.59 Å². The zero-order valence-electron chi connectivity index (χ0n) is 14.3. The molecule has 1 heterocycles. The van der Waals surface area contributed by atoms with Crippen LogP contribution in [0.1, 0.15) is 44.1 Å². The molecule has 0 bridgehead atoms. The molecule has 1 atom stereocenters. The zero-order valence-corrected chi connectivity index (χ0v) is 14.3.